The van der Waals surface area contributed by atoms with Crippen molar-refractivity contribution in [3.05, 3.63) is 57.5 Å². The third kappa shape index (κ3) is 4.38. The average molecular weight is 433 g/mol. The number of aromatic carboxylic acids is 1. The van der Waals surface area contributed by atoms with Crippen LogP contribution in [0.5, 0.6) is 11.5 Å². The fraction of sp³-hybridized carbons (Fsp3) is 0.150. The van der Waals surface area contributed by atoms with Crippen molar-refractivity contribution in [2.75, 3.05) is 21.3 Å². The van der Waals surface area contributed by atoms with Crippen molar-refractivity contribution in [1.29, 1.82) is 0 Å². The number of aliphatic imine (C=N–C) groups is 1. The summed E-state index contributed by atoms with van der Waals surface area (Å²) in [5, 5.41) is 9.87. The van der Waals surface area contributed by atoms with Gasteiger partial charge in [-0.1, -0.05) is 11.6 Å². The number of carbonyl (C=O) groups is 2. The number of amidine groups is 1. The van der Waals surface area contributed by atoms with Gasteiger partial charge in [-0.2, -0.15) is 0 Å². The molecule has 1 heterocycles. The number of hydrogen-bond donors (Lipinski definition) is 1. The Kier molecular flexibility index (Phi) is 6.14. The van der Waals surface area contributed by atoms with Gasteiger partial charge in [0.05, 0.1) is 35.4 Å². The molecule has 0 unspecified atom stereocenters. The Labute approximate surface area is 176 Å². The summed E-state index contributed by atoms with van der Waals surface area (Å²) >= 11 is 7.51. The van der Waals surface area contributed by atoms with Crippen molar-refractivity contribution >= 4 is 52.2 Å². The topological polar surface area (TPSA) is 88.4 Å². The normalized spacial score (nSPS) is 16.6. The summed E-state index contributed by atoms with van der Waals surface area (Å²) in [6, 6.07) is 9.42. The summed E-state index contributed by atoms with van der Waals surface area (Å²) in [5.41, 5.74) is 1.32. The number of thioether (sulfide) groups is 1. The van der Waals surface area contributed by atoms with Crippen LogP contribution in [0.4, 0.5) is 5.69 Å². The van der Waals surface area contributed by atoms with Gasteiger partial charge < -0.3 is 14.6 Å². The zero-order chi connectivity index (χ0) is 21.1. The number of rotatable bonds is 5. The van der Waals surface area contributed by atoms with Crippen LogP contribution in [0.2, 0.25) is 5.02 Å². The molecule has 1 aliphatic rings. The van der Waals surface area contributed by atoms with Crippen LogP contribution in [0.1, 0.15) is 15.9 Å². The molecule has 0 spiro atoms. The second-order valence-electron chi connectivity index (χ2n) is 5.95. The molecule has 1 saturated heterocycles. The van der Waals surface area contributed by atoms with E-state index in [2.05, 4.69) is 4.99 Å². The number of carboxylic acid groups (broad SMARTS) is 1. The minimum absolute atomic E-state index is 0.168. The maximum Gasteiger partial charge on any atom is 0.335 e. The molecule has 0 saturated carbocycles. The van der Waals surface area contributed by atoms with E-state index >= 15 is 0 Å². The van der Waals surface area contributed by atoms with E-state index in [1.54, 1.807) is 37.4 Å². The summed E-state index contributed by atoms with van der Waals surface area (Å²) in [6.07, 6.45) is 1.67. The number of hydrogen-bond acceptors (Lipinski definition) is 6. The predicted octanol–water partition coefficient (Wildman–Crippen LogP) is 4.29. The lowest BCUT2D eigenvalue weighted by molar-refractivity contribution is -0.121. The molecule has 2 aromatic carbocycles. The van der Waals surface area contributed by atoms with E-state index in [0.29, 0.717) is 37.8 Å². The maximum atomic E-state index is 12.6. The Hall–Kier alpha value is -2.97. The van der Waals surface area contributed by atoms with E-state index < -0.39 is 5.97 Å². The molecule has 0 aliphatic carbocycles. The van der Waals surface area contributed by atoms with E-state index in [1.807, 2.05) is 0 Å². The standard InChI is InChI=1S/C20H17ClN2O5S/c1-23-18(24)17(9-12-8-15(27-2)16(28-3)10-14(12)21)29-20(23)22-13-6-4-11(5-7-13)19(25)26/h4-10H,1-3H3,(H,25,26)/b17-9-,22-20?. The number of nitrogens with zero attached hydrogens (tertiary/aromatic N) is 2. The second kappa shape index (κ2) is 8.59. The smallest absolute Gasteiger partial charge is 0.335 e. The maximum absolute atomic E-state index is 12.6. The lowest BCUT2D eigenvalue weighted by atomic mass is 10.1. The lowest BCUT2D eigenvalue weighted by Gasteiger charge is -2.10. The highest BCUT2D eigenvalue weighted by molar-refractivity contribution is 8.18. The third-order valence-corrected chi connectivity index (χ3v) is 5.52. The SMILES string of the molecule is COc1cc(Cl)c(/C=C2\SC(=Nc3ccc(C(=O)O)cc3)N(C)C2=O)cc1OC. The molecular weight excluding hydrogens is 416 g/mol. The molecule has 7 nitrogen and oxygen atoms in total. The third-order valence-electron chi connectivity index (χ3n) is 4.13. The fourth-order valence-electron chi connectivity index (χ4n) is 2.56. The van der Waals surface area contributed by atoms with Gasteiger partial charge >= 0.3 is 5.97 Å². The molecule has 9 heteroatoms. The van der Waals surface area contributed by atoms with Gasteiger partial charge in [0.2, 0.25) is 0 Å². The Morgan fingerprint density at radius 3 is 2.38 bits per heavy atom. The molecular formula is C20H17ClN2O5S. The molecule has 3 rings (SSSR count). The van der Waals surface area contributed by atoms with Crippen LogP contribution >= 0.6 is 23.4 Å². The second-order valence-corrected chi connectivity index (χ2v) is 7.37. The summed E-state index contributed by atoms with van der Waals surface area (Å²) in [6.45, 7) is 0. The Morgan fingerprint density at radius 1 is 1.17 bits per heavy atom. The van der Waals surface area contributed by atoms with Gasteiger partial charge in [-0.25, -0.2) is 9.79 Å². The van der Waals surface area contributed by atoms with E-state index in [-0.39, 0.29) is 11.5 Å². The zero-order valence-corrected chi connectivity index (χ0v) is 17.4. The number of carboxylic acids is 1. The quantitative estimate of drug-likeness (QED) is 0.709. The number of carbonyl (C=O) groups excluding carboxylic acids is 1. The van der Waals surface area contributed by atoms with Crippen molar-refractivity contribution in [3.8, 4) is 11.5 Å². The molecule has 29 heavy (non-hydrogen) atoms. The van der Waals surface area contributed by atoms with Crippen molar-refractivity contribution in [2.24, 2.45) is 4.99 Å². The molecule has 1 amide bonds. The van der Waals surface area contributed by atoms with Crippen LogP contribution in [0.15, 0.2) is 46.3 Å². The summed E-state index contributed by atoms with van der Waals surface area (Å²) in [4.78, 5) is 29.9. The highest BCUT2D eigenvalue weighted by Crippen LogP contribution is 2.38. The van der Waals surface area contributed by atoms with Crippen molar-refractivity contribution in [3.63, 3.8) is 0 Å². The Morgan fingerprint density at radius 2 is 1.79 bits per heavy atom. The molecule has 0 atom stereocenters. The molecule has 1 aliphatic heterocycles. The molecule has 1 N–H and O–H groups in total. The van der Waals surface area contributed by atoms with Gasteiger partial charge in [0.1, 0.15) is 0 Å². The first-order valence-electron chi connectivity index (χ1n) is 8.35. The van der Waals surface area contributed by atoms with Gasteiger partial charge in [0, 0.05) is 13.1 Å². The van der Waals surface area contributed by atoms with E-state index in [9.17, 15) is 9.59 Å². The van der Waals surface area contributed by atoms with E-state index in [4.69, 9.17) is 26.2 Å². The molecule has 2 aromatic rings. The largest absolute Gasteiger partial charge is 0.493 e. The van der Waals surface area contributed by atoms with Crippen molar-refractivity contribution in [2.45, 2.75) is 0 Å². The van der Waals surface area contributed by atoms with Crippen LogP contribution in [0.25, 0.3) is 6.08 Å². The first-order valence-corrected chi connectivity index (χ1v) is 9.54. The van der Waals surface area contributed by atoms with Crippen molar-refractivity contribution < 1.29 is 24.2 Å². The van der Waals surface area contributed by atoms with Gasteiger partial charge in [-0.15, -0.1) is 0 Å². The van der Waals surface area contributed by atoms with Crippen LogP contribution in [0.3, 0.4) is 0 Å². The van der Waals surface area contributed by atoms with E-state index in [1.165, 1.54) is 43.0 Å². The van der Waals surface area contributed by atoms with Gasteiger partial charge in [0.25, 0.3) is 5.91 Å². The van der Waals surface area contributed by atoms with Crippen LogP contribution in [-0.4, -0.2) is 48.3 Å². The van der Waals surface area contributed by atoms with Gasteiger partial charge in [-0.3, -0.25) is 9.69 Å². The number of ether oxygens (including phenoxy) is 2. The Bertz CT molecular complexity index is 1030. The van der Waals surface area contributed by atoms with Crippen LogP contribution < -0.4 is 9.47 Å². The van der Waals surface area contributed by atoms with Crippen LogP contribution in [0, 0.1) is 0 Å². The molecule has 0 bridgehead atoms. The summed E-state index contributed by atoms with van der Waals surface area (Å²) in [5.74, 6) is -0.236. The minimum atomic E-state index is -1.01. The fourth-order valence-corrected chi connectivity index (χ4v) is 3.75. The predicted molar refractivity (Wildman–Crippen MR) is 113 cm³/mol. The molecule has 0 aromatic heterocycles. The number of amides is 1. The molecule has 0 radical (unpaired) electrons. The highest BCUT2D eigenvalue weighted by atomic mass is 35.5. The Balaban J connectivity index is 1.91. The minimum Gasteiger partial charge on any atom is -0.493 e. The average Bonchev–Trinajstić information content (AvgIpc) is 2.97. The zero-order valence-electron chi connectivity index (χ0n) is 15.8. The number of halogens is 1. The van der Waals surface area contributed by atoms with Crippen molar-refractivity contribution in [1.82, 2.24) is 4.90 Å². The first kappa shape index (κ1) is 20.8. The number of likely N-dealkylation sites (N-methyl/N-ethyl adjacent to an activating group) is 1. The van der Waals surface area contributed by atoms with E-state index in [0.717, 1.165) is 0 Å². The number of benzene rings is 2. The lowest BCUT2D eigenvalue weighted by Crippen LogP contribution is -2.23. The monoisotopic (exact) mass is 432 g/mol. The number of methoxy groups -OCH3 is 2. The first-order chi connectivity index (χ1) is 13.8. The highest BCUT2D eigenvalue weighted by Gasteiger charge is 2.30. The summed E-state index contributed by atoms with van der Waals surface area (Å²) in [7, 11) is 4.66. The molecule has 150 valence electrons. The van der Waals surface area contributed by atoms with Gasteiger partial charge in [-0.05, 0) is 53.7 Å². The molecule has 1 fully saturated rings. The summed E-state index contributed by atoms with van der Waals surface area (Å²) < 4.78 is 10.5. The van der Waals surface area contributed by atoms with Crippen LogP contribution in [-0.2, 0) is 4.79 Å². The van der Waals surface area contributed by atoms with Gasteiger partial charge in [0.15, 0.2) is 16.7 Å².